The molecule has 1 unspecified atom stereocenters. The lowest BCUT2D eigenvalue weighted by atomic mass is 10.1. The van der Waals surface area contributed by atoms with Gasteiger partial charge in [-0.25, -0.2) is 0 Å². The van der Waals surface area contributed by atoms with Crippen molar-refractivity contribution >= 4 is 29.2 Å². The molecule has 1 aromatic carbocycles. The summed E-state index contributed by atoms with van der Waals surface area (Å²) in [6.07, 6.45) is 0. The third kappa shape index (κ3) is 4.16. The third-order valence-electron chi connectivity index (χ3n) is 2.89. The molecular formula is C13H15ClN2O5. The number of benzene rings is 1. The molecule has 0 bridgehead atoms. The molecule has 114 valence electrons. The van der Waals surface area contributed by atoms with E-state index in [1.807, 2.05) is 0 Å². The molecule has 0 saturated carbocycles. The molecule has 0 aromatic heterocycles. The number of ether oxygens (including phenoxy) is 1. The van der Waals surface area contributed by atoms with Gasteiger partial charge in [-0.15, -0.1) is 0 Å². The fourth-order valence-electron chi connectivity index (χ4n) is 1.78. The van der Waals surface area contributed by atoms with Gasteiger partial charge in [0.05, 0.1) is 18.0 Å². The van der Waals surface area contributed by atoms with Gasteiger partial charge in [0.2, 0.25) is 0 Å². The van der Waals surface area contributed by atoms with E-state index in [1.54, 1.807) is 6.92 Å². The first-order valence-corrected chi connectivity index (χ1v) is 6.43. The molecule has 0 aliphatic rings. The Bertz CT molecular complexity index is 576. The first kappa shape index (κ1) is 16.9. The van der Waals surface area contributed by atoms with Crippen LogP contribution in [0, 0.1) is 16.0 Å². The van der Waals surface area contributed by atoms with Crippen molar-refractivity contribution in [2.24, 2.45) is 5.92 Å². The van der Waals surface area contributed by atoms with Gasteiger partial charge in [0, 0.05) is 25.2 Å². The number of rotatable bonds is 5. The normalized spacial score (nSPS) is 11.6. The highest BCUT2D eigenvalue weighted by molar-refractivity contribution is 6.33. The van der Waals surface area contributed by atoms with Crippen molar-refractivity contribution in [3.05, 3.63) is 38.9 Å². The van der Waals surface area contributed by atoms with Crippen molar-refractivity contribution in [1.29, 1.82) is 0 Å². The molecule has 0 heterocycles. The number of nitro benzene ring substituents is 1. The summed E-state index contributed by atoms with van der Waals surface area (Å²) in [5.74, 6) is -1.28. The van der Waals surface area contributed by atoms with E-state index in [2.05, 4.69) is 4.74 Å². The van der Waals surface area contributed by atoms with E-state index in [9.17, 15) is 19.7 Å². The van der Waals surface area contributed by atoms with Crippen LogP contribution in [0.1, 0.15) is 17.3 Å². The van der Waals surface area contributed by atoms with Gasteiger partial charge in [-0.1, -0.05) is 18.5 Å². The van der Waals surface area contributed by atoms with Crippen LogP contribution < -0.4 is 0 Å². The van der Waals surface area contributed by atoms with E-state index in [1.165, 1.54) is 37.3 Å². The number of nitro groups is 1. The quantitative estimate of drug-likeness (QED) is 0.472. The van der Waals surface area contributed by atoms with Crippen molar-refractivity contribution in [3.63, 3.8) is 0 Å². The number of carbonyl (C=O) groups is 2. The van der Waals surface area contributed by atoms with Gasteiger partial charge in [0.25, 0.3) is 11.6 Å². The third-order valence-corrected chi connectivity index (χ3v) is 3.19. The average molecular weight is 315 g/mol. The molecule has 0 aliphatic carbocycles. The van der Waals surface area contributed by atoms with Gasteiger partial charge in [0.15, 0.2) is 0 Å². The predicted octanol–water partition coefficient (Wildman–Crippen LogP) is 2.13. The Morgan fingerprint density at radius 3 is 2.57 bits per heavy atom. The van der Waals surface area contributed by atoms with Crippen molar-refractivity contribution in [2.45, 2.75) is 6.92 Å². The smallest absolute Gasteiger partial charge is 0.310 e. The summed E-state index contributed by atoms with van der Waals surface area (Å²) in [6.45, 7) is 1.80. The van der Waals surface area contributed by atoms with E-state index >= 15 is 0 Å². The van der Waals surface area contributed by atoms with E-state index in [0.717, 1.165) is 0 Å². The summed E-state index contributed by atoms with van der Waals surface area (Å²) in [7, 11) is 2.80. The number of halogens is 1. The number of carbonyl (C=O) groups excluding carboxylic acids is 2. The monoisotopic (exact) mass is 314 g/mol. The van der Waals surface area contributed by atoms with E-state index in [-0.39, 0.29) is 28.7 Å². The molecule has 0 spiro atoms. The molecule has 0 saturated heterocycles. The molecule has 1 aromatic rings. The largest absolute Gasteiger partial charge is 0.469 e. The predicted molar refractivity (Wildman–Crippen MR) is 76.2 cm³/mol. The number of nitrogens with zero attached hydrogens (tertiary/aromatic N) is 2. The summed E-state index contributed by atoms with van der Waals surface area (Å²) in [4.78, 5) is 34.9. The number of amides is 1. The van der Waals surface area contributed by atoms with Crippen LogP contribution in [-0.2, 0) is 9.53 Å². The number of esters is 1. The van der Waals surface area contributed by atoms with Crippen LogP contribution in [0.2, 0.25) is 5.02 Å². The molecule has 0 radical (unpaired) electrons. The molecule has 1 amide bonds. The van der Waals surface area contributed by atoms with Gasteiger partial charge in [-0.2, -0.15) is 0 Å². The standard InChI is InChI=1S/C13H15ClN2O5/c1-8(13(18)21-3)7-15(2)12(17)9-4-5-11(16(19)20)10(14)6-9/h4-6,8H,7H2,1-3H3. The van der Waals surface area contributed by atoms with Crippen LogP contribution in [-0.4, -0.2) is 42.4 Å². The van der Waals surface area contributed by atoms with Crippen molar-refractivity contribution in [3.8, 4) is 0 Å². The summed E-state index contributed by atoms with van der Waals surface area (Å²) < 4.78 is 4.59. The molecule has 0 aliphatic heterocycles. The maximum atomic E-state index is 12.2. The molecule has 1 atom stereocenters. The van der Waals surface area contributed by atoms with Crippen LogP contribution in [0.5, 0.6) is 0 Å². The second-order valence-corrected chi connectivity index (χ2v) is 4.94. The molecule has 0 N–H and O–H groups in total. The minimum atomic E-state index is -0.625. The Balaban J connectivity index is 2.86. The van der Waals surface area contributed by atoms with Crippen LogP contribution in [0.4, 0.5) is 5.69 Å². The van der Waals surface area contributed by atoms with Crippen LogP contribution in [0.15, 0.2) is 18.2 Å². The van der Waals surface area contributed by atoms with Crippen LogP contribution >= 0.6 is 11.6 Å². The van der Waals surface area contributed by atoms with Crippen molar-refractivity contribution in [2.75, 3.05) is 20.7 Å². The van der Waals surface area contributed by atoms with Gasteiger partial charge in [-0.3, -0.25) is 19.7 Å². The molecular weight excluding hydrogens is 300 g/mol. The lowest BCUT2D eigenvalue weighted by Gasteiger charge is -2.20. The highest BCUT2D eigenvalue weighted by Gasteiger charge is 2.21. The first-order valence-electron chi connectivity index (χ1n) is 6.05. The zero-order valence-corrected chi connectivity index (χ0v) is 12.6. The lowest BCUT2D eigenvalue weighted by molar-refractivity contribution is -0.384. The SMILES string of the molecule is COC(=O)C(C)CN(C)C(=O)c1ccc([N+](=O)[O-])c(Cl)c1. The summed E-state index contributed by atoms with van der Waals surface area (Å²) in [6, 6.07) is 3.74. The number of methoxy groups -OCH3 is 1. The number of hydrogen-bond donors (Lipinski definition) is 0. The summed E-state index contributed by atoms with van der Waals surface area (Å²) in [5.41, 5.74) is -0.0519. The molecule has 0 fully saturated rings. The fourth-order valence-corrected chi connectivity index (χ4v) is 2.03. The van der Waals surface area contributed by atoms with Gasteiger partial charge >= 0.3 is 5.97 Å². The van der Waals surface area contributed by atoms with Gasteiger partial charge in [0.1, 0.15) is 5.02 Å². The van der Waals surface area contributed by atoms with E-state index in [0.29, 0.717) is 0 Å². The second-order valence-electron chi connectivity index (χ2n) is 4.53. The Morgan fingerprint density at radius 2 is 2.10 bits per heavy atom. The van der Waals surface area contributed by atoms with Crippen molar-refractivity contribution < 1.29 is 19.2 Å². The highest BCUT2D eigenvalue weighted by atomic mass is 35.5. The molecule has 7 nitrogen and oxygen atoms in total. The van der Waals surface area contributed by atoms with Gasteiger partial charge < -0.3 is 9.64 Å². The minimum absolute atomic E-state index is 0.111. The minimum Gasteiger partial charge on any atom is -0.469 e. The summed E-state index contributed by atoms with van der Waals surface area (Å²) in [5, 5.41) is 10.6. The molecule has 8 heteroatoms. The zero-order valence-electron chi connectivity index (χ0n) is 11.8. The summed E-state index contributed by atoms with van der Waals surface area (Å²) >= 11 is 5.77. The Morgan fingerprint density at radius 1 is 1.48 bits per heavy atom. The van der Waals surface area contributed by atoms with Crippen LogP contribution in [0.25, 0.3) is 0 Å². The molecule has 1 rings (SSSR count). The Labute approximate surface area is 126 Å². The van der Waals surface area contributed by atoms with Crippen LogP contribution in [0.3, 0.4) is 0 Å². The van der Waals surface area contributed by atoms with Gasteiger partial charge in [-0.05, 0) is 12.1 Å². The van der Waals surface area contributed by atoms with Crippen molar-refractivity contribution in [1.82, 2.24) is 4.90 Å². The Hall–Kier alpha value is -2.15. The zero-order chi connectivity index (χ0) is 16.2. The topological polar surface area (TPSA) is 89.8 Å². The van der Waals surface area contributed by atoms with E-state index < -0.39 is 16.8 Å². The molecule has 21 heavy (non-hydrogen) atoms. The maximum absolute atomic E-state index is 12.2. The first-order chi connectivity index (χ1) is 9.77. The fraction of sp³-hybridized carbons (Fsp3) is 0.385. The second kappa shape index (κ2) is 7.03. The average Bonchev–Trinajstić information content (AvgIpc) is 2.44. The maximum Gasteiger partial charge on any atom is 0.310 e. The highest BCUT2D eigenvalue weighted by Crippen LogP contribution is 2.25. The van der Waals surface area contributed by atoms with E-state index in [4.69, 9.17) is 11.6 Å². The lowest BCUT2D eigenvalue weighted by Crippen LogP contribution is -2.34. The number of hydrogen-bond acceptors (Lipinski definition) is 5. The Kier molecular flexibility index (Phi) is 5.66.